The van der Waals surface area contributed by atoms with Crippen molar-refractivity contribution in [2.45, 2.75) is 32.1 Å². The average Bonchev–Trinajstić information content (AvgIpc) is 2.48. The second-order valence-corrected chi connectivity index (χ2v) is 7.51. The molecule has 0 radical (unpaired) electrons. The third-order valence-corrected chi connectivity index (χ3v) is 5.25. The summed E-state index contributed by atoms with van der Waals surface area (Å²) in [5.74, 6) is -0.604. The first kappa shape index (κ1) is 16.9. The minimum absolute atomic E-state index is 0.0802. The summed E-state index contributed by atoms with van der Waals surface area (Å²) in [5, 5.41) is 2.51. The maximum Gasteiger partial charge on any atom is 0.239 e. The van der Waals surface area contributed by atoms with Crippen LogP contribution in [0, 0.1) is 11.7 Å². The third-order valence-electron chi connectivity index (χ3n) is 3.76. The molecule has 122 valence electrons. The minimum Gasteiger partial charge on any atom is -0.325 e. The Bertz CT molecular complexity index is 596. The van der Waals surface area contributed by atoms with E-state index >= 15 is 0 Å². The lowest BCUT2D eigenvalue weighted by Gasteiger charge is -2.21. The zero-order valence-corrected chi connectivity index (χ0v) is 13.2. The second-order valence-electron chi connectivity index (χ2n) is 5.66. The molecule has 0 spiro atoms. The van der Waals surface area contributed by atoms with Gasteiger partial charge in [-0.25, -0.2) is 17.5 Å². The third kappa shape index (κ3) is 5.73. The monoisotopic (exact) mass is 328 g/mol. The van der Waals surface area contributed by atoms with Crippen molar-refractivity contribution in [3.05, 3.63) is 30.1 Å². The zero-order valence-electron chi connectivity index (χ0n) is 12.3. The Morgan fingerprint density at radius 3 is 2.41 bits per heavy atom. The molecular weight excluding hydrogens is 307 g/mol. The lowest BCUT2D eigenvalue weighted by atomic mass is 9.91. The molecule has 1 fully saturated rings. The van der Waals surface area contributed by atoms with Crippen molar-refractivity contribution in [2.75, 3.05) is 17.6 Å². The van der Waals surface area contributed by atoms with Gasteiger partial charge in [0.1, 0.15) is 5.82 Å². The summed E-state index contributed by atoms with van der Waals surface area (Å²) >= 11 is 0. The number of halogens is 1. The molecule has 1 aliphatic rings. The molecule has 5 nitrogen and oxygen atoms in total. The molecule has 0 unspecified atom stereocenters. The summed E-state index contributed by atoms with van der Waals surface area (Å²) < 4.78 is 39.0. The number of rotatable bonds is 6. The van der Waals surface area contributed by atoms with Crippen molar-refractivity contribution in [3.63, 3.8) is 0 Å². The number of hydrogen-bond donors (Lipinski definition) is 2. The van der Waals surface area contributed by atoms with E-state index in [-0.39, 0.29) is 18.2 Å². The van der Waals surface area contributed by atoms with Crippen LogP contribution in [-0.4, -0.2) is 26.6 Å². The molecule has 0 heterocycles. The summed E-state index contributed by atoms with van der Waals surface area (Å²) in [5.41, 5.74) is 0.429. The van der Waals surface area contributed by atoms with Gasteiger partial charge in [-0.2, -0.15) is 0 Å². The van der Waals surface area contributed by atoms with Crippen LogP contribution in [0.3, 0.4) is 0 Å². The van der Waals surface area contributed by atoms with E-state index in [1.165, 1.54) is 30.7 Å². The van der Waals surface area contributed by atoms with Crippen LogP contribution in [0.5, 0.6) is 0 Å². The predicted molar refractivity (Wildman–Crippen MR) is 83.4 cm³/mol. The van der Waals surface area contributed by atoms with E-state index in [2.05, 4.69) is 10.0 Å². The fourth-order valence-corrected chi connectivity index (χ4v) is 4.06. The van der Waals surface area contributed by atoms with Gasteiger partial charge in [-0.1, -0.05) is 19.3 Å². The van der Waals surface area contributed by atoms with Crippen LogP contribution in [0.4, 0.5) is 10.1 Å². The maximum absolute atomic E-state index is 12.7. The van der Waals surface area contributed by atoms with Gasteiger partial charge in [-0.15, -0.1) is 0 Å². The van der Waals surface area contributed by atoms with Crippen LogP contribution in [0.1, 0.15) is 32.1 Å². The molecule has 0 aliphatic heterocycles. The highest BCUT2D eigenvalue weighted by atomic mass is 32.2. The maximum atomic E-state index is 12.7. The quantitative estimate of drug-likeness (QED) is 0.841. The molecule has 1 aromatic carbocycles. The van der Waals surface area contributed by atoms with Crippen LogP contribution in [0.25, 0.3) is 0 Å². The minimum atomic E-state index is -3.45. The van der Waals surface area contributed by atoms with Gasteiger partial charge in [0, 0.05) is 5.69 Å². The fraction of sp³-hybridized carbons (Fsp3) is 0.533. The van der Waals surface area contributed by atoms with E-state index in [9.17, 15) is 17.6 Å². The Labute approximate surface area is 130 Å². The number of benzene rings is 1. The number of carbonyl (C=O) groups excluding carboxylic acids is 1. The standard InChI is InChI=1S/C15H21FN2O3S/c16-13-6-8-14(9-7-13)18-15(19)10-17-22(20,21)11-12-4-2-1-3-5-12/h6-9,12,17H,1-5,10-11H2,(H,18,19). The van der Waals surface area contributed by atoms with Crippen molar-refractivity contribution in [1.29, 1.82) is 0 Å². The van der Waals surface area contributed by atoms with Crippen LogP contribution >= 0.6 is 0 Å². The first-order chi connectivity index (χ1) is 10.4. The molecule has 1 saturated carbocycles. The topological polar surface area (TPSA) is 75.3 Å². The summed E-state index contributed by atoms with van der Waals surface area (Å²) in [6, 6.07) is 5.29. The molecule has 2 N–H and O–H groups in total. The summed E-state index contributed by atoms with van der Waals surface area (Å²) in [7, 11) is -3.45. The van der Waals surface area contributed by atoms with Gasteiger partial charge < -0.3 is 5.32 Å². The molecule has 2 rings (SSSR count). The Hall–Kier alpha value is -1.47. The van der Waals surface area contributed by atoms with Crippen molar-refractivity contribution >= 4 is 21.6 Å². The largest absolute Gasteiger partial charge is 0.325 e. The van der Waals surface area contributed by atoms with Crippen molar-refractivity contribution < 1.29 is 17.6 Å². The van der Waals surface area contributed by atoms with Crippen LogP contribution in [0.2, 0.25) is 0 Å². The van der Waals surface area contributed by atoms with Gasteiger partial charge in [-0.3, -0.25) is 4.79 Å². The van der Waals surface area contributed by atoms with E-state index in [1.54, 1.807) is 0 Å². The Kier molecular flexibility index (Phi) is 5.90. The fourth-order valence-electron chi connectivity index (χ4n) is 2.64. The number of amides is 1. The van der Waals surface area contributed by atoms with Crippen LogP contribution in [0.15, 0.2) is 24.3 Å². The Morgan fingerprint density at radius 1 is 1.14 bits per heavy atom. The molecule has 1 amide bonds. The highest BCUT2D eigenvalue weighted by Crippen LogP contribution is 2.24. The Morgan fingerprint density at radius 2 is 1.77 bits per heavy atom. The van der Waals surface area contributed by atoms with E-state index < -0.39 is 21.7 Å². The van der Waals surface area contributed by atoms with E-state index in [0.29, 0.717) is 5.69 Å². The molecule has 1 aliphatic carbocycles. The lowest BCUT2D eigenvalue weighted by Crippen LogP contribution is -2.36. The predicted octanol–water partition coefficient (Wildman–Crippen LogP) is 2.26. The molecule has 0 atom stereocenters. The van der Waals surface area contributed by atoms with Gasteiger partial charge in [0.25, 0.3) is 0 Å². The first-order valence-corrected chi connectivity index (χ1v) is 9.12. The second kappa shape index (κ2) is 7.69. The van der Waals surface area contributed by atoms with E-state index in [4.69, 9.17) is 0 Å². The molecular formula is C15H21FN2O3S. The normalized spacial score (nSPS) is 16.4. The molecule has 22 heavy (non-hydrogen) atoms. The highest BCUT2D eigenvalue weighted by Gasteiger charge is 2.21. The molecule has 0 aromatic heterocycles. The van der Waals surface area contributed by atoms with Crippen LogP contribution < -0.4 is 10.0 Å². The number of nitrogens with one attached hydrogen (secondary N) is 2. The molecule has 1 aromatic rings. The van der Waals surface area contributed by atoms with Gasteiger partial charge in [0.2, 0.25) is 15.9 Å². The highest BCUT2D eigenvalue weighted by molar-refractivity contribution is 7.89. The zero-order chi connectivity index (χ0) is 16.0. The number of sulfonamides is 1. The van der Waals surface area contributed by atoms with Gasteiger partial charge in [0.15, 0.2) is 0 Å². The van der Waals surface area contributed by atoms with Crippen molar-refractivity contribution in [2.24, 2.45) is 5.92 Å². The van der Waals surface area contributed by atoms with Crippen molar-refractivity contribution in [3.8, 4) is 0 Å². The first-order valence-electron chi connectivity index (χ1n) is 7.47. The molecule has 0 saturated heterocycles. The smallest absolute Gasteiger partial charge is 0.239 e. The van der Waals surface area contributed by atoms with E-state index in [1.807, 2.05) is 0 Å². The van der Waals surface area contributed by atoms with Gasteiger partial charge in [-0.05, 0) is 43.0 Å². The Balaban J connectivity index is 1.77. The van der Waals surface area contributed by atoms with Gasteiger partial charge >= 0.3 is 0 Å². The van der Waals surface area contributed by atoms with E-state index in [0.717, 1.165) is 25.7 Å². The van der Waals surface area contributed by atoms with Gasteiger partial charge in [0.05, 0.1) is 12.3 Å². The number of hydrogen-bond acceptors (Lipinski definition) is 3. The lowest BCUT2D eigenvalue weighted by molar-refractivity contribution is -0.115. The summed E-state index contributed by atoms with van der Waals surface area (Å²) in [6.45, 7) is -0.313. The summed E-state index contributed by atoms with van der Waals surface area (Å²) in [6.07, 6.45) is 5.19. The molecule has 0 bridgehead atoms. The number of carbonyl (C=O) groups is 1. The summed E-state index contributed by atoms with van der Waals surface area (Å²) in [4.78, 5) is 11.7. The molecule has 7 heteroatoms. The van der Waals surface area contributed by atoms with Crippen LogP contribution in [-0.2, 0) is 14.8 Å². The average molecular weight is 328 g/mol. The van der Waals surface area contributed by atoms with Crippen molar-refractivity contribution in [1.82, 2.24) is 4.72 Å². The SMILES string of the molecule is O=C(CNS(=O)(=O)CC1CCCCC1)Nc1ccc(F)cc1. The number of anilines is 1.